The maximum Gasteiger partial charge on any atom is 0.269 e. The number of rotatable bonds is 7. The maximum absolute atomic E-state index is 12.7. The predicted molar refractivity (Wildman–Crippen MR) is 112 cm³/mol. The number of benzene rings is 1. The zero-order valence-corrected chi connectivity index (χ0v) is 18.2. The van der Waals surface area contributed by atoms with Gasteiger partial charge in [-0.25, -0.2) is 0 Å². The molecule has 2 aromatic rings. The lowest BCUT2D eigenvalue weighted by Crippen LogP contribution is -2.29. The molecule has 0 atom stereocenters. The molecule has 1 heterocycles. The van der Waals surface area contributed by atoms with Gasteiger partial charge in [0.15, 0.2) is 0 Å². The first kappa shape index (κ1) is 21.7. The summed E-state index contributed by atoms with van der Waals surface area (Å²) in [7, 11) is 4.03. The summed E-state index contributed by atoms with van der Waals surface area (Å²) in [6.07, 6.45) is 0.891. The second-order valence-electron chi connectivity index (χ2n) is 7.97. The summed E-state index contributed by atoms with van der Waals surface area (Å²) < 4.78 is 1.72. The van der Waals surface area contributed by atoms with Crippen LogP contribution >= 0.6 is 23.2 Å². The summed E-state index contributed by atoms with van der Waals surface area (Å²) in [4.78, 5) is 14.8. The second kappa shape index (κ2) is 9.09. The number of hydrogen-bond donors (Lipinski definition) is 1. The lowest BCUT2D eigenvalue weighted by Gasteiger charge is -2.14. The van der Waals surface area contributed by atoms with Gasteiger partial charge in [-0.3, -0.25) is 9.48 Å². The van der Waals surface area contributed by atoms with Crippen LogP contribution in [0.1, 0.15) is 48.9 Å². The molecule has 0 fully saturated rings. The smallest absolute Gasteiger partial charge is 0.269 e. The first-order valence-electron chi connectivity index (χ1n) is 9.03. The van der Waals surface area contributed by atoms with E-state index in [0.29, 0.717) is 28.8 Å². The molecule has 0 bridgehead atoms. The van der Waals surface area contributed by atoms with Gasteiger partial charge in [0.2, 0.25) is 0 Å². The van der Waals surface area contributed by atoms with Gasteiger partial charge in [-0.2, -0.15) is 5.10 Å². The molecule has 1 amide bonds. The number of carbonyl (C=O) groups excluding carboxylic acids is 1. The summed E-state index contributed by atoms with van der Waals surface area (Å²) in [5, 5.41) is 8.81. The Morgan fingerprint density at radius 3 is 2.52 bits per heavy atom. The lowest BCUT2D eigenvalue weighted by molar-refractivity contribution is 0.0942. The molecule has 1 N–H and O–H groups in total. The summed E-state index contributed by atoms with van der Waals surface area (Å²) >= 11 is 12.3. The molecule has 0 aliphatic heterocycles. The van der Waals surface area contributed by atoms with Crippen LogP contribution in [0.2, 0.25) is 10.0 Å². The van der Waals surface area contributed by atoms with E-state index in [0.717, 1.165) is 24.2 Å². The Labute approximate surface area is 171 Å². The third-order valence-electron chi connectivity index (χ3n) is 4.18. The van der Waals surface area contributed by atoms with Crippen LogP contribution < -0.4 is 5.32 Å². The van der Waals surface area contributed by atoms with Crippen LogP contribution in [-0.2, 0) is 12.0 Å². The minimum absolute atomic E-state index is 0.123. The molecule has 148 valence electrons. The summed E-state index contributed by atoms with van der Waals surface area (Å²) in [5.74, 6) is -0.123. The van der Waals surface area contributed by atoms with E-state index < -0.39 is 0 Å². The number of hydrogen-bond acceptors (Lipinski definition) is 3. The molecule has 0 aliphatic carbocycles. The Morgan fingerprint density at radius 1 is 1.22 bits per heavy atom. The molecule has 0 radical (unpaired) electrons. The fraction of sp³-hybridized carbons (Fsp3) is 0.500. The van der Waals surface area contributed by atoms with E-state index in [-0.39, 0.29) is 11.3 Å². The van der Waals surface area contributed by atoms with E-state index in [1.54, 1.807) is 16.8 Å². The average Bonchev–Trinajstić information content (AvgIpc) is 2.98. The molecule has 1 aromatic heterocycles. The van der Waals surface area contributed by atoms with E-state index in [1.807, 2.05) is 26.2 Å². The molecule has 0 spiro atoms. The first-order chi connectivity index (χ1) is 12.6. The quantitative estimate of drug-likeness (QED) is 0.695. The Bertz CT molecular complexity index is 794. The van der Waals surface area contributed by atoms with Crippen LogP contribution in [0.4, 0.5) is 0 Å². The van der Waals surface area contributed by atoms with Crippen LogP contribution in [0, 0.1) is 0 Å². The maximum atomic E-state index is 12.7. The van der Waals surface area contributed by atoms with Crippen molar-refractivity contribution < 1.29 is 4.79 Å². The highest BCUT2D eigenvalue weighted by atomic mass is 35.5. The van der Waals surface area contributed by atoms with Gasteiger partial charge in [-0.1, -0.05) is 50.0 Å². The van der Waals surface area contributed by atoms with Crippen LogP contribution in [0.5, 0.6) is 0 Å². The third kappa shape index (κ3) is 6.23. The summed E-state index contributed by atoms with van der Waals surface area (Å²) in [6.45, 7) is 8.18. The molecule has 0 saturated heterocycles. The zero-order valence-electron chi connectivity index (χ0n) is 16.6. The van der Waals surface area contributed by atoms with Crippen molar-refractivity contribution in [3.8, 4) is 0 Å². The van der Waals surface area contributed by atoms with Crippen LogP contribution in [0.3, 0.4) is 0 Å². The normalized spacial score (nSPS) is 11.9. The van der Waals surface area contributed by atoms with Crippen molar-refractivity contribution in [1.82, 2.24) is 20.0 Å². The average molecular weight is 411 g/mol. The van der Waals surface area contributed by atoms with Gasteiger partial charge in [0.1, 0.15) is 5.69 Å². The Kier molecular flexibility index (Phi) is 7.32. The van der Waals surface area contributed by atoms with Gasteiger partial charge >= 0.3 is 0 Å². The van der Waals surface area contributed by atoms with Crippen molar-refractivity contribution in [2.75, 3.05) is 27.2 Å². The summed E-state index contributed by atoms with van der Waals surface area (Å²) in [5.41, 5.74) is 2.11. The molecular formula is C20H28Cl2N4O. The zero-order chi connectivity index (χ0) is 20.2. The Hall–Kier alpha value is -1.56. The van der Waals surface area contributed by atoms with E-state index in [9.17, 15) is 4.79 Å². The summed E-state index contributed by atoms with van der Waals surface area (Å²) in [6, 6.07) is 7.22. The molecule has 1 aromatic carbocycles. The van der Waals surface area contributed by atoms with Gasteiger partial charge in [-0.15, -0.1) is 0 Å². The molecule has 2 rings (SSSR count). The van der Waals surface area contributed by atoms with Gasteiger partial charge in [0.25, 0.3) is 5.91 Å². The number of aromatic nitrogens is 2. The highest BCUT2D eigenvalue weighted by Gasteiger charge is 2.23. The van der Waals surface area contributed by atoms with Gasteiger partial charge in [0.05, 0.1) is 12.2 Å². The minimum Gasteiger partial charge on any atom is -0.351 e. The van der Waals surface area contributed by atoms with Crippen molar-refractivity contribution in [1.29, 1.82) is 0 Å². The molecule has 0 unspecified atom stereocenters. The third-order valence-corrected chi connectivity index (χ3v) is 4.77. The molecule has 0 saturated carbocycles. The van der Waals surface area contributed by atoms with Crippen LogP contribution in [-0.4, -0.2) is 47.8 Å². The SMILES string of the molecule is CN(C)CCCNC(=O)c1cc(C(C)(C)C)nn1Cc1ccc(Cl)cc1Cl. The van der Waals surface area contributed by atoms with Gasteiger partial charge in [-0.05, 0) is 50.8 Å². The van der Waals surface area contributed by atoms with E-state index in [2.05, 4.69) is 36.1 Å². The second-order valence-corrected chi connectivity index (χ2v) is 8.81. The first-order valence-corrected chi connectivity index (χ1v) is 9.78. The number of nitrogens with zero attached hydrogens (tertiary/aromatic N) is 3. The number of amides is 1. The molecular weight excluding hydrogens is 383 g/mol. The molecule has 27 heavy (non-hydrogen) atoms. The van der Waals surface area contributed by atoms with E-state index in [4.69, 9.17) is 23.2 Å². The van der Waals surface area contributed by atoms with Gasteiger partial charge in [0, 0.05) is 22.0 Å². The Morgan fingerprint density at radius 2 is 1.93 bits per heavy atom. The molecule has 0 aliphatic rings. The number of carbonyl (C=O) groups is 1. The van der Waals surface area contributed by atoms with Gasteiger partial charge < -0.3 is 10.2 Å². The van der Waals surface area contributed by atoms with Crippen LogP contribution in [0.15, 0.2) is 24.3 Å². The topological polar surface area (TPSA) is 50.2 Å². The van der Waals surface area contributed by atoms with Crippen molar-refractivity contribution in [2.45, 2.75) is 39.2 Å². The highest BCUT2D eigenvalue weighted by molar-refractivity contribution is 6.35. The lowest BCUT2D eigenvalue weighted by atomic mass is 9.92. The van der Waals surface area contributed by atoms with Crippen molar-refractivity contribution >= 4 is 29.1 Å². The monoisotopic (exact) mass is 410 g/mol. The van der Waals surface area contributed by atoms with E-state index >= 15 is 0 Å². The van der Waals surface area contributed by atoms with E-state index in [1.165, 1.54) is 0 Å². The minimum atomic E-state index is -0.158. The number of nitrogens with one attached hydrogen (secondary N) is 1. The molecule has 5 nitrogen and oxygen atoms in total. The number of halogens is 2. The van der Waals surface area contributed by atoms with Crippen molar-refractivity contribution in [2.24, 2.45) is 0 Å². The largest absolute Gasteiger partial charge is 0.351 e. The standard InChI is InChI=1S/C20H28Cl2N4O/c1-20(2,3)18-12-17(19(27)23-9-6-10-25(4)5)26(24-18)13-14-7-8-15(21)11-16(14)22/h7-8,11-12H,6,9-10,13H2,1-5H3,(H,23,27). The fourth-order valence-corrected chi connectivity index (χ4v) is 3.05. The predicted octanol–water partition coefficient (Wildman–Crippen LogP) is 4.22. The van der Waals surface area contributed by atoms with Crippen molar-refractivity contribution in [3.05, 3.63) is 51.3 Å². The van der Waals surface area contributed by atoms with Crippen molar-refractivity contribution in [3.63, 3.8) is 0 Å². The van der Waals surface area contributed by atoms with Crippen LogP contribution in [0.25, 0.3) is 0 Å². The Balaban J connectivity index is 2.24. The molecule has 7 heteroatoms. The highest BCUT2D eigenvalue weighted by Crippen LogP contribution is 2.25. The fourth-order valence-electron chi connectivity index (χ4n) is 2.59.